The molecule has 118 valence electrons. The number of nitrogens with two attached hydrogens (primary N) is 1. The molecule has 0 heterocycles. The maximum absolute atomic E-state index is 12.0. The first-order valence-corrected chi connectivity index (χ1v) is 8.74. The van der Waals surface area contributed by atoms with Crippen LogP contribution in [0.5, 0.6) is 5.75 Å². The highest BCUT2D eigenvalue weighted by atomic mass is 32.2. The van der Waals surface area contributed by atoms with Crippen molar-refractivity contribution in [2.24, 2.45) is 5.92 Å². The van der Waals surface area contributed by atoms with Gasteiger partial charge >= 0.3 is 0 Å². The van der Waals surface area contributed by atoms with Gasteiger partial charge in [-0.15, -0.1) is 0 Å². The standard InChI is InChI=1S/C14H22N2O4S/c15-12-4-2-5-13(9-12)20-7-8-21(18,19)16-14-6-1-3-11(14)10-17/h2,4-5,9,11,14,16-17H,1,3,6-8,10,15H2. The Morgan fingerprint density at radius 3 is 2.90 bits per heavy atom. The van der Waals surface area contributed by atoms with Crippen LogP contribution in [0.3, 0.4) is 0 Å². The first-order valence-electron chi connectivity index (χ1n) is 7.09. The third kappa shape index (κ3) is 4.87. The molecule has 1 aromatic carbocycles. The van der Waals surface area contributed by atoms with E-state index in [1.54, 1.807) is 24.3 Å². The number of nitrogens with one attached hydrogen (secondary N) is 1. The van der Waals surface area contributed by atoms with Crippen LogP contribution in [-0.4, -0.2) is 38.5 Å². The molecule has 2 unspecified atom stereocenters. The molecule has 1 aromatic rings. The van der Waals surface area contributed by atoms with Crippen molar-refractivity contribution in [3.8, 4) is 5.75 Å². The van der Waals surface area contributed by atoms with Gasteiger partial charge in [-0.25, -0.2) is 13.1 Å². The van der Waals surface area contributed by atoms with Crippen LogP contribution in [0.15, 0.2) is 24.3 Å². The van der Waals surface area contributed by atoms with Gasteiger partial charge in [-0.3, -0.25) is 0 Å². The first kappa shape index (κ1) is 16.1. The van der Waals surface area contributed by atoms with Crippen molar-refractivity contribution in [2.75, 3.05) is 24.7 Å². The van der Waals surface area contributed by atoms with E-state index in [4.69, 9.17) is 10.5 Å². The highest BCUT2D eigenvalue weighted by molar-refractivity contribution is 7.89. The third-order valence-electron chi connectivity index (χ3n) is 3.70. The Morgan fingerprint density at radius 2 is 2.19 bits per heavy atom. The van der Waals surface area contributed by atoms with E-state index >= 15 is 0 Å². The Hall–Kier alpha value is -1.31. The Bertz CT molecular complexity index is 562. The van der Waals surface area contributed by atoms with E-state index < -0.39 is 10.0 Å². The van der Waals surface area contributed by atoms with Crippen LogP contribution >= 0.6 is 0 Å². The molecule has 0 radical (unpaired) electrons. The lowest BCUT2D eigenvalue weighted by molar-refractivity contribution is 0.213. The van der Waals surface area contributed by atoms with Crippen LogP contribution in [0, 0.1) is 5.92 Å². The molecular formula is C14H22N2O4S. The topological polar surface area (TPSA) is 102 Å². The van der Waals surface area contributed by atoms with Gasteiger partial charge in [-0.05, 0) is 30.9 Å². The second-order valence-electron chi connectivity index (χ2n) is 5.34. The monoisotopic (exact) mass is 314 g/mol. The number of aliphatic hydroxyl groups excluding tert-OH is 1. The Kier molecular flexibility index (Phi) is 5.44. The molecule has 0 amide bonds. The fourth-order valence-electron chi connectivity index (χ4n) is 2.57. The zero-order chi connectivity index (χ0) is 15.3. The van der Waals surface area contributed by atoms with Crippen LogP contribution in [-0.2, 0) is 10.0 Å². The maximum Gasteiger partial charge on any atom is 0.215 e. The van der Waals surface area contributed by atoms with E-state index in [9.17, 15) is 13.5 Å². The molecule has 0 spiro atoms. The minimum absolute atomic E-state index is 0.0208. The molecule has 2 rings (SSSR count). The van der Waals surface area contributed by atoms with E-state index in [-0.39, 0.29) is 30.9 Å². The molecule has 2 atom stereocenters. The van der Waals surface area contributed by atoms with Gasteiger partial charge in [-0.2, -0.15) is 0 Å². The second-order valence-corrected chi connectivity index (χ2v) is 7.21. The summed E-state index contributed by atoms with van der Waals surface area (Å²) in [6.07, 6.45) is 2.59. The number of ether oxygens (including phenoxy) is 1. The number of hydrogen-bond donors (Lipinski definition) is 3. The first-order chi connectivity index (χ1) is 10.00. The zero-order valence-electron chi connectivity index (χ0n) is 11.9. The van der Waals surface area contributed by atoms with Gasteiger partial charge in [0.2, 0.25) is 10.0 Å². The summed E-state index contributed by atoms with van der Waals surface area (Å²) in [6.45, 7) is 0.0856. The average molecular weight is 314 g/mol. The lowest BCUT2D eigenvalue weighted by Gasteiger charge is -2.19. The molecule has 4 N–H and O–H groups in total. The molecular weight excluding hydrogens is 292 g/mol. The molecule has 1 fully saturated rings. The SMILES string of the molecule is Nc1cccc(OCCS(=O)(=O)NC2CCCC2CO)c1. The second kappa shape index (κ2) is 7.11. The number of benzene rings is 1. The van der Waals surface area contributed by atoms with Crippen molar-refractivity contribution in [1.29, 1.82) is 0 Å². The van der Waals surface area contributed by atoms with Crippen molar-refractivity contribution in [3.05, 3.63) is 24.3 Å². The van der Waals surface area contributed by atoms with Crippen LogP contribution in [0.25, 0.3) is 0 Å². The summed E-state index contributed by atoms with van der Waals surface area (Å²) in [7, 11) is -3.41. The van der Waals surface area contributed by atoms with Crippen LogP contribution in [0.2, 0.25) is 0 Å². The Balaban J connectivity index is 1.81. The summed E-state index contributed by atoms with van der Waals surface area (Å²) in [5.74, 6) is 0.463. The van der Waals surface area contributed by atoms with Crippen molar-refractivity contribution in [2.45, 2.75) is 25.3 Å². The van der Waals surface area contributed by atoms with Crippen LogP contribution in [0.4, 0.5) is 5.69 Å². The van der Waals surface area contributed by atoms with Gasteiger partial charge in [0, 0.05) is 24.4 Å². The minimum atomic E-state index is -3.41. The molecule has 1 aliphatic carbocycles. The predicted octanol–water partition coefficient (Wildman–Crippen LogP) is 0.728. The fraction of sp³-hybridized carbons (Fsp3) is 0.571. The van der Waals surface area contributed by atoms with Gasteiger partial charge in [-0.1, -0.05) is 12.5 Å². The molecule has 0 aromatic heterocycles. The third-order valence-corrected chi connectivity index (χ3v) is 5.07. The lowest BCUT2D eigenvalue weighted by atomic mass is 10.1. The maximum atomic E-state index is 12.0. The van der Waals surface area contributed by atoms with E-state index in [1.807, 2.05) is 0 Å². The van der Waals surface area contributed by atoms with E-state index in [1.165, 1.54) is 0 Å². The molecule has 7 heteroatoms. The number of hydrogen-bond acceptors (Lipinski definition) is 5. The van der Waals surface area contributed by atoms with Crippen molar-refractivity contribution < 1.29 is 18.3 Å². The Morgan fingerprint density at radius 1 is 1.38 bits per heavy atom. The number of sulfonamides is 1. The number of anilines is 1. The molecule has 21 heavy (non-hydrogen) atoms. The van der Waals surface area contributed by atoms with Gasteiger partial charge in [0.25, 0.3) is 0 Å². The summed E-state index contributed by atoms with van der Waals surface area (Å²) in [6, 6.07) is 6.71. The van der Waals surface area contributed by atoms with Gasteiger partial charge in [0.1, 0.15) is 12.4 Å². The Labute approximate surface area is 125 Å². The smallest absolute Gasteiger partial charge is 0.215 e. The van der Waals surface area contributed by atoms with Gasteiger partial charge in [0.15, 0.2) is 0 Å². The molecule has 1 saturated carbocycles. The number of aliphatic hydroxyl groups is 1. The summed E-state index contributed by atoms with van der Waals surface area (Å²) < 4.78 is 32.1. The van der Waals surface area contributed by atoms with Crippen molar-refractivity contribution in [3.63, 3.8) is 0 Å². The van der Waals surface area contributed by atoms with Gasteiger partial charge < -0.3 is 15.6 Å². The number of rotatable bonds is 7. The number of nitrogen functional groups attached to an aromatic ring is 1. The van der Waals surface area contributed by atoms with Crippen LogP contribution < -0.4 is 15.2 Å². The van der Waals surface area contributed by atoms with Crippen molar-refractivity contribution in [1.82, 2.24) is 4.72 Å². The zero-order valence-corrected chi connectivity index (χ0v) is 12.7. The molecule has 0 aliphatic heterocycles. The van der Waals surface area contributed by atoms with Gasteiger partial charge in [0.05, 0.1) is 5.75 Å². The molecule has 1 aliphatic rings. The van der Waals surface area contributed by atoms with Crippen LogP contribution in [0.1, 0.15) is 19.3 Å². The molecule has 6 nitrogen and oxygen atoms in total. The predicted molar refractivity (Wildman–Crippen MR) is 81.5 cm³/mol. The normalized spacial score (nSPS) is 22.3. The highest BCUT2D eigenvalue weighted by Crippen LogP contribution is 2.25. The minimum Gasteiger partial charge on any atom is -0.492 e. The van der Waals surface area contributed by atoms with Crippen molar-refractivity contribution >= 4 is 15.7 Å². The summed E-state index contributed by atoms with van der Waals surface area (Å²) in [5.41, 5.74) is 6.20. The van der Waals surface area contributed by atoms with E-state index in [2.05, 4.69) is 4.72 Å². The largest absolute Gasteiger partial charge is 0.492 e. The molecule has 0 saturated heterocycles. The van der Waals surface area contributed by atoms with E-state index in [0.717, 1.165) is 19.3 Å². The average Bonchev–Trinajstić information content (AvgIpc) is 2.85. The van der Waals surface area contributed by atoms with E-state index in [0.29, 0.717) is 11.4 Å². The lowest BCUT2D eigenvalue weighted by Crippen LogP contribution is -2.40. The quantitative estimate of drug-likeness (QED) is 0.644. The fourth-order valence-corrected chi connectivity index (χ4v) is 3.77. The highest BCUT2D eigenvalue weighted by Gasteiger charge is 2.29. The summed E-state index contributed by atoms with van der Waals surface area (Å²) >= 11 is 0. The summed E-state index contributed by atoms with van der Waals surface area (Å²) in [4.78, 5) is 0. The summed E-state index contributed by atoms with van der Waals surface area (Å²) in [5, 5.41) is 9.21. The molecule has 0 bridgehead atoms.